The van der Waals surface area contributed by atoms with Gasteiger partial charge in [0.15, 0.2) is 0 Å². The van der Waals surface area contributed by atoms with E-state index in [1.165, 1.54) is 5.56 Å². The molecule has 0 aromatic heterocycles. The highest BCUT2D eigenvalue weighted by molar-refractivity contribution is 7.86. The molecular weight excluding hydrogens is 248 g/mol. The standard InChI is InChI=1S/C14H22O3S/c1-4-6-7-13-8-10-14(11-9-13)18(15,16)17-12(3)5-2/h8-12H,4-7H2,1-3H3. The SMILES string of the molecule is CCCCc1ccc(S(=O)(=O)OC(C)CC)cc1. The lowest BCUT2D eigenvalue weighted by atomic mass is 10.1. The molecule has 1 aromatic rings. The molecule has 1 unspecified atom stereocenters. The fourth-order valence-electron chi connectivity index (χ4n) is 1.54. The number of rotatable bonds is 7. The second-order valence-corrected chi connectivity index (χ2v) is 6.09. The lowest BCUT2D eigenvalue weighted by Crippen LogP contribution is -2.14. The molecule has 0 fully saturated rings. The molecule has 4 heteroatoms. The Morgan fingerprint density at radius 1 is 1.17 bits per heavy atom. The predicted octanol–water partition coefficient (Wildman–Crippen LogP) is 3.53. The average Bonchev–Trinajstić information content (AvgIpc) is 2.36. The maximum Gasteiger partial charge on any atom is 0.297 e. The monoisotopic (exact) mass is 270 g/mol. The number of hydrogen-bond donors (Lipinski definition) is 0. The van der Waals surface area contributed by atoms with Crippen LogP contribution in [-0.2, 0) is 20.7 Å². The van der Waals surface area contributed by atoms with Gasteiger partial charge in [-0.15, -0.1) is 0 Å². The quantitative estimate of drug-likeness (QED) is 0.712. The van der Waals surface area contributed by atoms with E-state index in [9.17, 15) is 8.42 Å². The normalized spacial score (nSPS) is 13.5. The minimum Gasteiger partial charge on any atom is -0.263 e. The third kappa shape index (κ3) is 4.42. The van der Waals surface area contributed by atoms with Crippen molar-refractivity contribution in [2.24, 2.45) is 0 Å². The molecule has 3 nitrogen and oxygen atoms in total. The maximum absolute atomic E-state index is 11.9. The summed E-state index contributed by atoms with van der Waals surface area (Å²) in [4.78, 5) is 0.239. The molecule has 0 saturated carbocycles. The second kappa shape index (κ2) is 6.90. The molecule has 0 heterocycles. The summed E-state index contributed by atoms with van der Waals surface area (Å²) in [5.74, 6) is 0. The van der Waals surface area contributed by atoms with Gasteiger partial charge in [0.2, 0.25) is 0 Å². The largest absolute Gasteiger partial charge is 0.297 e. The van der Waals surface area contributed by atoms with Crippen LogP contribution < -0.4 is 0 Å². The lowest BCUT2D eigenvalue weighted by Gasteiger charge is -2.11. The van der Waals surface area contributed by atoms with Gasteiger partial charge in [-0.25, -0.2) is 0 Å². The first-order chi connectivity index (χ1) is 8.49. The molecular formula is C14H22O3S. The summed E-state index contributed by atoms with van der Waals surface area (Å²) in [6.07, 6.45) is 3.64. The molecule has 0 saturated heterocycles. The van der Waals surface area contributed by atoms with Crippen molar-refractivity contribution in [3.8, 4) is 0 Å². The topological polar surface area (TPSA) is 43.4 Å². The van der Waals surface area contributed by atoms with Gasteiger partial charge >= 0.3 is 0 Å². The first kappa shape index (κ1) is 15.2. The highest BCUT2D eigenvalue weighted by Gasteiger charge is 2.17. The molecule has 102 valence electrons. The summed E-state index contributed by atoms with van der Waals surface area (Å²) < 4.78 is 28.9. The Bertz CT molecular complexity index is 448. The molecule has 0 bridgehead atoms. The van der Waals surface area contributed by atoms with Gasteiger partial charge in [-0.2, -0.15) is 8.42 Å². The van der Waals surface area contributed by atoms with Crippen molar-refractivity contribution in [1.82, 2.24) is 0 Å². The minimum absolute atomic E-state index is 0.239. The summed E-state index contributed by atoms with van der Waals surface area (Å²) in [7, 11) is -3.61. The van der Waals surface area contributed by atoms with E-state index >= 15 is 0 Å². The van der Waals surface area contributed by atoms with Crippen molar-refractivity contribution in [3.63, 3.8) is 0 Å². The van der Waals surface area contributed by atoms with E-state index < -0.39 is 10.1 Å². The molecule has 0 spiro atoms. The van der Waals surface area contributed by atoms with E-state index in [1.54, 1.807) is 19.1 Å². The number of benzene rings is 1. The van der Waals surface area contributed by atoms with Gasteiger partial charge in [-0.3, -0.25) is 4.18 Å². The Morgan fingerprint density at radius 2 is 1.78 bits per heavy atom. The molecule has 0 aliphatic carbocycles. The zero-order valence-corrected chi connectivity index (χ0v) is 12.2. The molecule has 0 amide bonds. The van der Waals surface area contributed by atoms with Crippen LogP contribution in [0.25, 0.3) is 0 Å². The van der Waals surface area contributed by atoms with E-state index in [0.29, 0.717) is 6.42 Å². The molecule has 1 rings (SSSR count). The fraction of sp³-hybridized carbons (Fsp3) is 0.571. The highest BCUT2D eigenvalue weighted by Crippen LogP contribution is 2.17. The smallest absolute Gasteiger partial charge is 0.263 e. The highest BCUT2D eigenvalue weighted by atomic mass is 32.2. The molecule has 0 aliphatic rings. The van der Waals surface area contributed by atoms with Crippen LogP contribution in [-0.4, -0.2) is 14.5 Å². The number of hydrogen-bond acceptors (Lipinski definition) is 3. The molecule has 1 atom stereocenters. The fourth-order valence-corrected chi connectivity index (χ4v) is 2.69. The summed E-state index contributed by atoms with van der Waals surface area (Å²) in [6.45, 7) is 5.79. The van der Waals surface area contributed by atoms with Gasteiger partial charge in [-0.05, 0) is 43.9 Å². The number of unbranched alkanes of at least 4 members (excludes halogenated alkanes) is 1. The van der Waals surface area contributed by atoms with Crippen LogP contribution in [0.4, 0.5) is 0 Å². The van der Waals surface area contributed by atoms with Gasteiger partial charge in [0.25, 0.3) is 10.1 Å². The van der Waals surface area contributed by atoms with Crippen molar-refractivity contribution in [2.75, 3.05) is 0 Å². The molecule has 0 radical (unpaired) electrons. The van der Waals surface area contributed by atoms with E-state index in [2.05, 4.69) is 6.92 Å². The first-order valence-corrected chi connectivity index (χ1v) is 7.92. The van der Waals surface area contributed by atoms with Crippen LogP contribution in [0.5, 0.6) is 0 Å². The van der Waals surface area contributed by atoms with Crippen LogP contribution in [0, 0.1) is 0 Å². The van der Waals surface area contributed by atoms with Crippen LogP contribution in [0.15, 0.2) is 29.2 Å². The van der Waals surface area contributed by atoms with Crippen LogP contribution in [0.1, 0.15) is 45.6 Å². The molecule has 0 aliphatic heterocycles. The van der Waals surface area contributed by atoms with Crippen molar-refractivity contribution in [3.05, 3.63) is 29.8 Å². The predicted molar refractivity (Wildman–Crippen MR) is 73.1 cm³/mol. The Hall–Kier alpha value is -0.870. The van der Waals surface area contributed by atoms with Crippen molar-refractivity contribution in [1.29, 1.82) is 0 Å². The lowest BCUT2D eigenvalue weighted by molar-refractivity contribution is 0.224. The number of aryl methyl sites for hydroxylation is 1. The summed E-state index contributed by atoms with van der Waals surface area (Å²) >= 11 is 0. The third-order valence-corrected chi connectivity index (χ3v) is 4.33. The van der Waals surface area contributed by atoms with Gasteiger partial charge < -0.3 is 0 Å². The summed E-state index contributed by atoms with van der Waals surface area (Å²) in [6, 6.07) is 6.98. The van der Waals surface area contributed by atoms with E-state index in [1.807, 2.05) is 19.1 Å². The van der Waals surface area contributed by atoms with Crippen molar-refractivity contribution in [2.45, 2.75) is 57.5 Å². The van der Waals surface area contributed by atoms with Crippen LogP contribution in [0.3, 0.4) is 0 Å². The molecule has 1 aromatic carbocycles. The van der Waals surface area contributed by atoms with Gasteiger partial charge in [0.05, 0.1) is 11.0 Å². The maximum atomic E-state index is 11.9. The Balaban J connectivity index is 2.77. The summed E-state index contributed by atoms with van der Waals surface area (Å²) in [5, 5.41) is 0. The zero-order chi connectivity index (χ0) is 13.6. The van der Waals surface area contributed by atoms with E-state index in [0.717, 1.165) is 19.3 Å². The molecule has 18 heavy (non-hydrogen) atoms. The Labute approximate surface area is 110 Å². The van der Waals surface area contributed by atoms with Crippen molar-refractivity contribution >= 4 is 10.1 Å². The van der Waals surface area contributed by atoms with Gasteiger partial charge in [-0.1, -0.05) is 32.4 Å². The Kier molecular flexibility index (Phi) is 5.82. The average molecular weight is 270 g/mol. The zero-order valence-electron chi connectivity index (χ0n) is 11.3. The van der Waals surface area contributed by atoms with E-state index in [-0.39, 0.29) is 11.0 Å². The molecule has 0 N–H and O–H groups in total. The third-order valence-electron chi connectivity index (χ3n) is 2.90. The van der Waals surface area contributed by atoms with Crippen LogP contribution >= 0.6 is 0 Å². The Morgan fingerprint density at radius 3 is 2.28 bits per heavy atom. The van der Waals surface area contributed by atoms with E-state index in [4.69, 9.17) is 4.18 Å². The van der Waals surface area contributed by atoms with Gasteiger partial charge in [0.1, 0.15) is 0 Å². The van der Waals surface area contributed by atoms with Crippen LogP contribution in [0.2, 0.25) is 0 Å². The van der Waals surface area contributed by atoms with Gasteiger partial charge in [0, 0.05) is 0 Å². The first-order valence-electron chi connectivity index (χ1n) is 6.51. The summed E-state index contributed by atoms with van der Waals surface area (Å²) in [5.41, 5.74) is 1.17. The minimum atomic E-state index is -3.61. The second-order valence-electron chi connectivity index (χ2n) is 4.52. The van der Waals surface area contributed by atoms with Crippen molar-refractivity contribution < 1.29 is 12.6 Å².